The van der Waals surface area contributed by atoms with E-state index in [4.69, 9.17) is 10.5 Å². The summed E-state index contributed by atoms with van der Waals surface area (Å²) >= 11 is 0. The summed E-state index contributed by atoms with van der Waals surface area (Å²) < 4.78 is 6.71. The maximum Gasteiger partial charge on any atom is 0.231 e. The van der Waals surface area contributed by atoms with Crippen molar-refractivity contribution in [3.63, 3.8) is 0 Å². The third-order valence-electron chi connectivity index (χ3n) is 3.19. The summed E-state index contributed by atoms with van der Waals surface area (Å²) in [6.07, 6.45) is 1.49. The molecular formula is C12H14N6O2. The van der Waals surface area contributed by atoms with E-state index in [1.807, 2.05) is 12.1 Å². The predicted octanol–water partition coefficient (Wildman–Crippen LogP) is -0.426. The summed E-state index contributed by atoms with van der Waals surface area (Å²) in [6.45, 7) is 0.780. The van der Waals surface area contributed by atoms with Gasteiger partial charge in [0.25, 0.3) is 0 Å². The Morgan fingerprint density at radius 1 is 1.45 bits per heavy atom. The SMILES string of the molecule is NC1COCC1C(=O)Nc1cccc(-n2cnnn2)c1. The molecule has 1 aromatic carbocycles. The lowest BCUT2D eigenvalue weighted by Gasteiger charge is -2.13. The number of hydrogen-bond donors (Lipinski definition) is 2. The maximum absolute atomic E-state index is 12.1. The highest BCUT2D eigenvalue weighted by Crippen LogP contribution is 2.17. The van der Waals surface area contributed by atoms with Crippen LogP contribution in [-0.4, -0.2) is 45.4 Å². The zero-order valence-corrected chi connectivity index (χ0v) is 10.6. The number of tetrazole rings is 1. The van der Waals surface area contributed by atoms with E-state index < -0.39 is 0 Å². The first-order chi connectivity index (χ1) is 9.74. The van der Waals surface area contributed by atoms with Gasteiger partial charge in [0, 0.05) is 11.7 Å². The number of amides is 1. The molecule has 3 N–H and O–H groups in total. The van der Waals surface area contributed by atoms with Gasteiger partial charge in [-0.3, -0.25) is 4.79 Å². The van der Waals surface area contributed by atoms with E-state index in [0.717, 1.165) is 5.69 Å². The van der Waals surface area contributed by atoms with Crippen molar-refractivity contribution in [2.75, 3.05) is 18.5 Å². The van der Waals surface area contributed by atoms with Crippen LogP contribution < -0.4 is 11.1 Å². The van der Waals surface area contributed by atoms with Gasteiger partial charge in [-0.25, -0.2) is 4.68 Å². The van der Waals surface area contributed by atoms with Gasteiger partial charge >= 0.3 is 0 Å². The van der Waals surface area contributed by atoms with E-state index in [-0.39, 0.29) is 17.9 Å². The lowest BCUT2D eigenvalue weighted by atomic mass is 10.0. The highest BCUT2D eigenvalue weighted by molar-refractivity contribution is 5.93. The quantitative estimate of drug-likeness (QED) is 0.786. The molecule has 104 valence electrons. The van der Waals surface area contributed by atoms with Crippen LogP contribution in [0.3, 0.4) is 0 Å². The number of nitrogens with two attached hydrogens (primary N) is 1. The average molecular weight is 274 g/mol. The number of anilines is 1. The third-order valence-corrected chi connectivity index (χ3v) is 3.19. The Morgan fingerprint density at radius 2 is 2.35 bits per heavy atom. The largest absolute Gasteiger partial charge is 0.379 e. The van der Waals surface area contributed by atoms with Crippen molar-refractivity contribution in [3.8, 4) is 5.69 Å². The summed E-state index contributed by atoms with van der Waals surface area (Å²) in [6, 6.07) is 6.99. The Kier molecular flexibility index (Phi) is 3.40. The van der Waals surface area contributed by atoms with Gasteiger partial charge in [-0.2, -0.15) is 0 Å². The number of carbonyl (C=O) groups is 1. The molecule has 3 rings (SSSR count). The molecule has 1 saturated heterocycles. The van der Waals surface area contributed by atoms with Crippen LogP contribution >= 0.6 is 0 Å². The molecule has 1 aliphatic heterocycles. The van der Waals surface area contributed by atoms with Crippen molar-refractivity contribution in [2.24, 2.45) is 11.7 Å². The molecule has 1 amide bonds. The first-order valence-electron chi connectivity index (χ1n) is 6.21. The van der Waals surface area contributed by atoms with Gasteiger partial charge < -0.3 is 15.8 Å². The second-order valence-electron chi connectivity index (χ2n) is 4.60. The number of ether oxygens (including phenoxy) is 1. The van der Waals surface area contributed by atoms with E-state index in [9.17, 15) is 4.79 Å². The second-order valence-corrected chi connectivity index (χ2v) is 4.60. The van der Waals surface area contributed by atoms with Crippen molar-refractivity contribution in [3.05, 3.63) is 30.6 Å². The molecule has 2 aromatic rings. The summed E-state index contributed by atoms with van der Waals surface area (Å²) in [7, 11) is 0. The molecule has 2 unspecified atom stereocenters. The van der Waals surface area contributed by atoms with Crippen molar-refractivity contribution in [2.45, 2.75) is 6.04 Å². The molecule has 0 spiro atoms. The molecule has 0 radical (unpaired) electrons. The standard InChI is InChI=1S/C12H14N6O2/c13-11-6-20-5-10(11)12(19)15-8-2-1-3-9(4-8)18-7-14-16-17-18/h1-4,7,10-11H,5-6,13H2,(H,15,19). The molecule has 1 aromatic heterocycles. The summed E-state index contributed by atoms with van der Waals surface area (Å²) in [5.74, 6) is -0.449. The van der Waals surface area contributed by atoms with Gasteiger partial charge in [-0.05, 0) is 28.6 Å². The molecule has 1 fully saturated rings. The molecule has 0 bridgehead atoms. The molecule has 20 heavy (non-hydrogen) atoms. The predicted molar refractivity (Wildman–Crippen MR) is 70.1 cm³/mol. The summed E-state index contributed by atoms with van der Waals surface area (Å²) in [4.78, 5) is 12.1. The van der Waals surface area contributed by atoms with Crippen LogP contribution in [0.15, 0.2) is 30.6 Å². The van der Waals surface area contributed by atoms with Crippen LogP contribution in [0.1, 0.15) is 0 Å². The highest BCUT2D eigenvalue weighted by atomic mass is 16.5. The number of nitrogens with one attached hydrogen (secondary N) is 1. The van der Waals surface area contributed by atoms with Crippen LogP contribution in [0.25, 0.3) is 5.69 Å². The minimum Gasteiger partial charge on any atom is -0.379 e. The van der Waals surface area contributed by atoms with E-state index in [1.165, 1.54) is 11.0 Å². The van der Waals surface area contributed by atoms with Crippen LogP contribution in [0.2, 0.25) is 0 Å². The topological polar surface area (TPSA) is 108 Å². The average Bonchev–Trinajstić information content (AvgIpc) is 3.09. The third kappa shape index (κ3) is 2.51. The Hall–Kier alpha value is -2.32. The summed E-state index contributed by atoms with van der Waals surface area (Å²) in [5.41, 5.74) is 7.26. The van der Waals surface area contributed by atoms with Crippen molar-refractivity contribution in [1.29, 1.82) is 0 Å². The molecule has 0 saturated carbocycles. The van der Waals surface area contributed by atoms with Crippen LogP contribution in [0.5, 0.6) is 0 Å². The minimum atomic E-state index is -0.313. The molecule has 8 heteroatoms. The lowest BCUT2D eigenvalue weighted by molar-refractivity contribution is -0.120. The van der Waals surface area contributed by atoms with E-state index >= 15 is 0 Å². The van der Waals surface area contributed by atoms with Crippen LogP contribution in [0, 0.1) is 5.92 Å². The fourth-order valence-electron chi connectivity index (χ4n) is 2.08. The zero-order chi connectivity index (χ0) is 13.9. The van der Waals surface area contributed by atoms with Crippen LogP contribution in [-0.2, 0) is 9.53 Å². The van der Waals surface area contributed by atoms with Gasteiger partial charge in [-0.1, -0.05) is 6.07 Å². The van der Waals surface area contributed by atoms with E-state index in [0.29, 0.717) is 18.9 Å². The van der Waals surface area contributed by atoms with Gasteiger partial charge in [0.05, 0.1) is 24.8 Å². The molecular weight excluding hydrogens is 260 g/mol. The number of hydrogen-bond acceptors (Lipinski definition) is 6. The molecule has 1 aliphatic rings. The van der Waals surface area contributed by atoms with E-state index in [2.05, 4.69) is 20.8 Å². The van der Waals surface area contributed by atoms with Gasteiger partial charge in [-0.15, -0.1) is 5.10 Å². The molecule has 8 nitrogen and oxygen atoms in total. The fourth-order valence-corrected chi connectivity index (χ4v) is 2.08. The smallest absolute Gasteiger partial charge is 0.231 e. The number of benzene rings is 1. The lowest BCUT2D eigenvalue weighted by Crippen LogP contribution is -2.37. The van der Waals surface area contributed by atoms with Crippen molar-refractivity contribution >= 4 is 11.6 Å². The number of aromatic nitrogens is 4. The van der Waals surface area contributed by atoms with E-state index in [1.54, 1.807) is 12.1 Å². The van der Waals surface area contributed by atoms with Crippen molar-refractivity contribution < 1.29 is 9.53 Å². The molecule has 2 atom stereocenters. The zero-order valence-electron chi connectivity index (χ0n) is 10.6. The van der Waals surface area contributed by atoms with Crippen LogP contribution in [0.4, 0.5) is 5.69 Å². The second kappa shape index (κ2) is 5.35. The number of rotatable bonds is 3. The highest BCUT2D eigenvalue weighted by Gasteiger charge is 2.31. The first-order valence-corrected chi connectivity index (χ1v) is 6.21. The number of carbonyl (C=O) groups excluding carboxylic acids is 1. The van der Waals surface area contributed by atoms with Crippen molar-refractivity contribution in [1.82, 2.24) is 20.2 Å². The van der Waals surface area contributed by atoms with Gasteiger partial charge in [0.2, 0.25) is 5.91 Å². The fraction of sp³-hybridized carbons (Fsp3) is 0.333. The first kappa shape index (κ1) is 12.7. The monoisotopic (exact) mass is 274 g/mol. The summed E-state index contributed by atoms with van der Waals surface area (Å²) in [5, 5.41) is 13.8. The van der Waals surface area contributed by atoms with Gasteiger partial charge in [0.15, 0.2) is 0 Å². The normalized spacial score (nSPS) is 21.9. The van der Waals surface area contributed by atoms with Gasteiger partial charge in [0.1, 0.15) is 6.33 Å². The maximum atomic E-state index is 12.1. The Bertz CT molecular complexity index is 600. The Balaban J connectivity index is 1.74. The Labute approximate surface area is 114 Å². The molecule has 0 aliphatic carbocycles. The molecule has 2 heterocycles. The number of nitrogens with zero attached hydrogens (tertiary/aromatic N) is 4. The Morgan fingerprint density at radius 3 is 3.05 bits per heavy atom. The minimum absolute atomic E-state index is 0.135.